The Labute approximate surface area is 64.6 Å². The fourth-order valence-corrected chi connectivity index (χ4v) is 0.917. The van der Waals surface area contributed by atoms with Crippen molar-refractivity contribution in [3.8, 4) is 0 Å². The third-order valence-corrected chi connectivity index (χ3v) is 1.53. The van der Waals surface area contributed by atoms with Gasteiger partial charge in [-0.1, -0.05) is 18.2 Å². The highest BCUT2D eigenvalue weighted by molar-refractivity contribution is 6.10. The lowest BCUT2D eigenvalue weighted by Gasteiger charge is -2.07. The normalized spacial score (nSPS) is 22.3. The van der Waals surface area contributed by atoms with E-state index < -0.39 is 5.92 Å². The minimum atomic E-state index is -0.634. The maximum Gasteiger partial charge on any atom is 0.169 e. The maximum atomic E-state index is 11.0. The molecule has 0 aromatic rings. The lowest BCUT2D eigenvalue weighted by atomic mass is 9.95. The molecule has 2 N–H and O–H groups in total. The zero-order valence-electron chi connectivity index (χ0n) is 5.99. The topological polar surface area (TPSA) is 60.2 Å². The Bertz CT molecular complexity index is 240. The molecule has 0 bridgehead atoms. The second-order valence-electron chi connectivity index (χ2n) is 2.29. The van der Waals surface area contributed by atoms with E-state index in [1.54, 1.807) is 18.2 Å². The number of hydrogen-bond donors (Lipinski definition) is 1. The van der Waals surface area contributed by atoms with Crippen LogP contribution in [0.2, 0.25) is 0 Å². The summed E-state index contributed by atoms with van der Waals surface area (Å²) in [6.45, 7) is -0.0748. The summed E-state index contributed by atoms with van der Waals surface area (Å²) in [5.74, 6) is -1.04. The van der Waals surface area contributed by atoms with Crippen LogP contribution in [0.5, 0.6) is 0 Å². The van der Waals surface area contributed by atoms with Gasteiger partial charge in [-0.15, -0.1) is 0 Å². The zero-order chi connectivity index (χ0) is 8.27. The Kier molecular flexibility index (Phi) is 2.33. The van der Waals surface area contributed by atoms with Gasteiger partial charge in [0.1, 0.15) is 0 Å². The third kappa shape index (κ3) is 1.62. The van der Waals surface area contributed by atoms with Gasteiger partial charge in [0.05, 0.1) is 12.5 Å². The number of hydrogen-bond acceptors (Lipinski definition) is 3. The summed E-state index contributed by atoms with van der Waals surface area (Å²) in [6.07, 6.45) is 6.25. The van der Waals surface area contributed by atoms with E-state index in [4.69, 9.17) is 5.73 Å². The fourth-order valence-electron chi connectivity index (χ4n) is 0.917. The predicted molar refractivity (Wildman–Crippen MR) is 40.8 cm³/mol. The number of rotatable bonds is 2. The van der Waals surface area contributed by atoms with Gasteiger partial charge in [-0.2, -0.15) is 0 Å². The van der Waals surface area contributed by atoms with Crippen molar-refractivity contribution in [1.82, 2.24) is 0 Å². The SMILES string of the molecule is NCC(=O)C1C=CC=CC1=O. The molecule has 1 aliphatic carbocycles. The van der Waals surface area contributed by atoms with Crippen LogP contribution >= 0.6 is 0 Å². The average Bonchev–Trinajstić information content (AvgIpc) is 2.04. The van der Waals surface area contributed by atoms with E-state index in [1.165, 1.54) is 6.08 Å². The van der Waals surface area contributed by atoms with Crippen molar-refractivity contribution in [3.63, 3.8) is 0 Å². The smallest absolute Gasteiger partial charge is 0.169 e. The molecule has 0 saturated heterocycles. The van der Waals surface area contributed by atoms with Gasteiger partial charge < -0.3 is 5.73 Å². The summed E-state index contributed by atoms with van der Waals surface area (Å²) in [5.41, 5.74) is 5.11. The van der Waals surface area contributed by atoms with Gasteiger partial charge in [0, 0.05) is 0 Å². The average molecular weight is 151 g/mol. The van der Waals surface area contributed by atoms with Crippen LogP contribution in [-0.4, -0.2) is 18.1 Å². The van der Waals surface area contributed by atoms with Gasteiger partial charge in [-0.3, -0.25) is 9.59 Å². The number of allylic oxidation sites excluding steroid dienone is 4. The molecule has 0 aromatic carbocycles. The molecule has 1 atom stereocenters. The highest BCUT2D eigenvalue weighted by Crippen LogP contribution is 2.07. The molecule has 3 heteroatoms. The Morgan fingerprint density at radius 3 is 2.82 bits per heavy atom. The Balaban J connectivity index is 2.73. The molecular formula is C8H9NO2. The first kappa shape index (κ1) is 7.88. The number of carbonyl (C=O) groups is 2. The fraction of sp³-hybridized carbons (Fsp3) is 0.250. The third-order valence-electron chi connectivity index (χ3n) is 1.53. The molecule has 0 aliphatic heterocycles. The van der Waals surface area contributed by atoms with Gasteiger partial charge >= 0.3 is 0 Å². The molecule has 0 radical (unpaired) electrons. The number of ketones is 2. The minimum absolute atomic E-state index is 0.0748. The summed E-state index contributed by atoms with van der Waals surface area (Å²) in [4.78, 5) is 21.9. The molecule has 0 saturated carbocycles. The van der Waals surface area contributed by atoms with Crippen LogP contribution in [0.4, 0.5) is 0 Å². The van der Waals surface area contributed by atoms with Crippen molar-refractivity contribution >= 4 is 11.6 Å². The predicted octanol–water partition coefficient (Wildman–Crippen LogP) is -0.175. The van der Waals surface area contributed by atoms with Gasteiger partial charge in [0.25, 0.3) is 0 Å². The number of nitrogens with two attached hydrogens (primary N) is 1. The Hall–Kier alpha value is -1.22. The first-order chi connectivity index (χ1) is 5.25. The van der Waals surface area contributed by atoms with E-state index in [1.807, 2.05) is 0 Å². The lowest BCUT2D eigenvalue weighted by molar-refractivity contribution is -0.127. The summed E-state index contributed by atoms with van der Waals surface area (Å²) in [6, 6.07) is 0. The van der Waals surface area contributed by atoms with Crippen LogP contribution in [0.3, 0.4) is 0 Å². The first-order valence-electron chi connectivity index (χ1n) is 3.37. The van der Waals surface area contributed by atoms with Crippen molar-refractivity contribution in [3.05, 3.63) is 24.3 Å². The number of carbonyl (C=O) groups excluding carboxylic acids is 2. The van der Waals surface area contributed by atoms with Crippen LogP contribution in [0.15, 0.2) is 24.3 Å². The molecule has 1 rings (SSSR count). The summed E-state index contributed by atoms with van der Waals surface area (Å²) in [5, 5.41) is 0. The van der Waals surface area contributed by atoms with E-state index >= 15 is 0 Å². The molecule has 0 amide bonds. The van der Waals surface area contributed by atoms with Crippen molar-refractivity contribution in [2.24, 2.45) is 11.7 Å². The first-order valence-corrected chi connectivity index (χ1v) is 3.37. The largest absolute Gasteiger partial charge is 0.324 e. The molecule has 0 heterocycles. The van der Waals surface area contributed by atoms with Crippen LogP contribution < -0.4 is 5.73 Å². The standard InChI is InChI=1S/C8H9NO2/c9-5-8(11)6-3-1-2-4-7(6)10/h1-4,6H,5,9H2. The van der Waals surface area contributed by atoms with E-state index in [0.717, 1.165) is 0 Å². The van der Waals surface area contributed by atoms with Gasteiger partial charge in [-0.05, 0) is 6.08 Å². The van der Waals surface area contributed by atoms with Crippen LogP contribution in [0.25, 0.3) is 0 Å². The molecule has 3 nitrogen and oxygen atoms in total. The Morgan fingerprint density at radius 2 is 2.27 bits per heavy atom. The Morgan fingerprint density at radius 1 is 1.55 bits per heavy atom. The van der Waals surface area contributed by atoms with Crippen LogP contribution in [0.1, 0.15) is 0 Å². The van der Waals surface area contributed by atoms with Crippen LogP contribution in [0, 0.1) is 5.92 Å². The van der Waals surface area contributed by atoms with E-state index in [-0.39, 0.29) is 18.1 Å². The highest BCUT2D eigenvalue weighted by atomic mass is 16.1. The molecule has 0 spiro atoms. The minimum Gasteiger partial charge on any atom is -0.324 e. The second-order valence-corrected chi connectivity index (χ2v) is 2.29. The van der Waals surface area contributed by atoms with E-state index in [9.17, 15) is 9.59 Å². The molecular weight excluding hydrogens is 142 g/mol. The van der Waals surface area contributed by atoms with Crippen molar-refractivity contribution in [2.75, 3.05) is 6.54 Å². The molecule has 0 fully saturated rings. The molecule has 0 aromatic heterocycles. The maximum absolute atomic E-state index is 11.0. The van der Waals surface area contributed by atoms with Crippen molar-refractivity contribution in [2.45, 2.75) is 0 Å². The van der Waals surface area contributed by atoms with Gasteiger partial charge in [0.15, 0.2) is 11.6 Å². The molecule has 1 aliphatic rings. The van der Waals surface area contributed by atoms with Gasteiger partial charge in [-0.25, -0.2) is 0 Å². The monoisotopic (exact) mass is 151 g/mol. The van der Waals surface area contributed by atoms with E-state index in [2.05, 4.69) is 0 Å². The van der Waals surface area contributed by atoms with Crippen molar-refractivity contribution in [1.29, 1.82) is 0 Å². The van der Waals surface area contributed by atoms with E-state index in [0.29, 0.717) is 0 Å². The second kappa shape index (κ2) is 3.25. The number of Topliss-reactive ketones (excluding diaryl/α,β-unsaturated/α-hetero) is 1. The van der Waals surface area contributed by atoms with Crippen LogP contribution in [-0.2, 0) is 9.59 Å². The molecule has 11 heavy (non-hydrogen) atoms. The van der Waals surface area contributed by atoms with Gasteiger partial charge in [0.2, 0.25) is 0 Å². The summed E-state index contributed by atoms with van der Waals surface area (Å²) >= 11 is 0. The highest BCUT2D eigenvalue weighted by Gasteiger charge is 2.21. The quantitative estimate of drug-likeness (QED) is 0.557. The van der Waals surface area contributed by atoms with Crippen molar-refractivity contribution < 1.29 is 9.59 Å². The lowest BCUT2D eigenvalue weighted by Crippen LogP contribution is -2.28. The molecule has 1 unspecified atom stereocenters. The summed E-state index contributed by atoms with van der Waals surface area (Å²) < 4.78 is 0. The molecule has 58 valence electrons. The zero-order valence-corrected chi connectivity index (χ0v) is 5.99. The summed E-state index contributed by atoms with van der Waals surface area (Å²) in [7, 11) is 0.